The molecule has 0 aliphatic rings. The van der Waals surface area contributed by atoms with Crippen LogP contribution >= 0.6 is 0 Å². The molecule has 0 unspecified atom stereocenters. The third-order valence-electron chi connectivity index (χ3n) is 0.405. The van der Waals surface area contributed by atoms with Gasteiger partial charge in [0.15, 0.2) is 0 Å². The van der Waals surface area contributed by atoms with Gasteiger partial charge in [-0.05, 0) is 0 Å². The van der Waals surface area contributed by atoms with Gasteiger partial charge in [0.25, 0.3) is 0 Å². The standard InChI is InChI=1S/C4H6O3.Na/c1-7-4(6)2-3-5;/h2-3,5H,1H3;/q;+1/p-1. The van der Waals surface area contributed by atoms with E-state index in [4.69, 9.17) is 0 Å². The predicted molar refractivity (Wildman–Crippen MR) is 21.2 cm³/mol. The van der Waals surface area contributed by atoms with E-state index in [1.807, 2.05) is 0 Å². The summed E-state index contributed by atoms with van der Waals surface area (Å²) in [6.45, 7) is 0. The molecule has 0 fully saturated rings. The normalized spacial score (nSPS) is 8.12. The molecule has 0 atom stereocenters. The van der Waals surface area contributed by atoms with Crippen molar-refractivity contribution in [1.82, 2.24) is 0 Å². The van der Waals surface area contributed by atoms with E-state index in [0.29, 0.717) is 6.26 Å². The number of carbonyl (C=O) groups is 1. The van der Waals surface area contributed by atoms with Crippen molar-refractivity contribution >= 4 is 5.97 Å². The monoisotopic (exact) mass is 124 g/mol. The summed E-state index contributed by atoms with van der Waals surface area (Å²) in [5.41, 5.74) is 0. The molecule has 3 nitrogen and oxygen atoms in total. The van der Waals surface area contributed by atoms with Crippen LogP contribution in [0.4, 0.5) is 0 Å². The fourth-order valence-corrected chi connectivity index (χ4v) is 0.124. The van der Waals surface area contributed by atoms with Crippen molar-refractivity contribution in [2.45, 2.75) is 0 Å². The van der Waals surface area contributed by atoms with Gasteiger partial charge in [-0.25, -0.2) is 4.79 Å². The van der Waals surface area contributed by atoms with Crippen LogP contribution in [0, 0.1) is 0 Å². The Kier molecular flexibility index (Phi) is 9.55. The van der Waals surface area contributed by atoms with Gasteiger partial charge in [0.1, 0.15) is 0 Å². The third-order valence-corrected chi connectivity index (χ3v) is 0.405. The van der Waals surface area contributed by atoms with Gasteiger partial charge in [-0.1, -0.05) is 0 Å². The summed E-state index contributed by atoms with van der Waals surface area (Å²) in [6.07, 6.45) is 1.19. The molecule has 8 heavy (non-hydrogen) atoms. The van der Waals surface area contributed by atoms with Crippen molar-refractivity contribution in [3.8, 4) is 0 Å². The van der Waals surface area contributed by atoms with Crippen LogP contribution in [-0.4, -0.2) is 13.1 Å². The van der Waals surface area contributed by atoms with Crippen molar-refractivity contribution in [3.05, 3.63) is 12.3 Å². The Labute approximate surface area is 69.6 Å². The largest absolute Gasteiger partial charge is 1.00 e. The molecule has 0 rings (SSSR count). The first-order valence-corrected chi connectivity index (χ1v) is 1.67. The summed E-state index contributed by atoms with van der Waals surface area (Å²) < 4.78 is 4.06. The maximum Gasteiger partial charge on any atom is 1.00 e. The Bertz CT molecular complexity index is 89.3. The number of rotatable bonds is 1. The van der Waals surface area contributed by atoms with Crippen LogP contribution in [0.3, 0.4) is 0 Å². The Balaban J connectivity index is 0. The molecular weight excluding hydrogens is 119 g/mol. The Morgan fingerprint density at radius 1 is 1.75 bits per heavy atom. The Hall–Kier alpha value is 0.0100. The fourth-order valence-electron chi connectivity index (χ4n) is 0.124. The summed E-state index contributed by atoms with van der Waals surface area (Å²) in [7, 11) is 1.21. The van der Waals surface area contributed by atoms with Gasteiger partial charge in [0.2, 0.25) is 0 Å². The molecule has 0 aromatic carbocycles. The summed E-state index contributed by atoms with van der Waals surface area (Å²) in [6, 6.07) is 0. The van der Waals surface area contributed by atoms with Crippen LogP contribution in [0.2, 0.25) is 0 Å². The average Bonchev–Trinajstić information content (AvgIpc) is 1.68. The second-order valence-corrected chi connectivity index (χ2v) is 0.826. The third kappa shape index (κ3) is 6.01. The average molecular weight is 124 g/mol. The Morgan fingerprint density at radius 2 is 2.25 bits per heavy atom. The minimum atomic E-state index is -0.616. The second-order valence-electron chi connectivity index (χ2n) is 0.826. The van der Waals surface area contributed by atoms with E-state index >= 15 is 0 Å². The zero-order valence-electron chi connectivity index (χ0n) is 4.88. The van der Waals surface area contributed by atoms with E-state index in [1.54, 1.807) is 0 Å². The molecule has 0 saturated heterocycles. The minimum absolute atomic E-state index is 0. The van der Waals surface area contributed by atoms with Gasteiger partial charge in [0, 0.05) is 6.08 Å². The van der Waals surface area contributed by atoms with E-state index in [9.17, 15) is 9.90 Å². The van der Waals surface area contributed by atoms with Crippen molar-refractivity contribution in [2.24, 2.45) is 0 Å². The molecule has 0 amide bonds. The van der Waals surface area contributed by atoms with Crippen LogP contribution < -0.4 is 34.7 Å². The quantitative estimate of drug-likeness (QED) is 0.155. The van der Waals surface area contributed by atoms with Crippen LogP contribution in [0.15, 0.2) is 12.3 Å². The first-order chi connectivity index (χ1) is 3.31. The minimum Gasteiger partial charge on any atom is -0.878 e. The topological polar surface area (TPSA) is 49.4 Å². The first kappa shape index (κ1) is 10.9. The van der Waals surface area contributed by atoms with Crippen LogP contribution in [0.25, 0.3) is 0 Å². The predicted octanol–water partition coefficient (Wildman–Crippen LogP) is -3.96. The zero-order valence-corrected chi connectivity index (χ0v) is 6.88. The maximum atomic E-state index is 9.90. The van der Waals surface area contributed by atoms with Gasteiger partial charge in [-0.3, -0.25) is 0 Å². The SMILES string of the molecule is COC(=O)C=C[O-].[Na+]. The zero-order chi connectivity index (χ0) is 5.70. The van der Waals surface area contributed by atoms with Crippen LogP contribution in [0.5, 0.6) is 0 Å². The summed E-state index contributed by atoms with van der Waals surface area (Å²) in [5.74, 6) is -0.616. The molecule has 40 valence electrons. The second kappa shape index (κ2) is 7.01. The van der Waals surface area contributed by atoms with Crippen molar-refractivity contribution in [2.75, 3.05) is 7.11 Å². The maximum absolute atomic E-state index is 9.90. The number of hydrogen-bond donors (Lipinski definition) is 0. The fraction of sp³-hybridized carbons (Fsp3) is 0.250. The molecule has 0 aliphatic heterocycles. The van der Waals surface area contributed by atoms with E-state index < -0.39 is 5.97 Å². The molecule has 0 radical (unpaired) electrons. The molecule has 0 saturated carbocycles. The van der Waals surface area contributed by atoms with Crippen molar-refractivity contribution < 1.29 is 44.2 Å². The van der Waals surface area contributed by atoms with Gasteiger partial charge >= 0.3 is 35.5 Å². The summed E-state index contributed by atoms with van der Waals surface area (Å²) in [4.78, 5) is 9.90. The number of hydrogen-bond acceptors (Lipinski definition) is 3. The van der Waals surface area contributed by atoms with E-state index in [-0.39, 0.29) is 29.6 Å². The molecule has 0 aromatic rings. The molecule has 0 aliphatic carbocycles. The smallest absolute Gasteiger partial charge is 0.878 e. The molecule has 0 bridgehead atoms. The molecule has 4 heteroatoms. The number of methoxy groups -OCH3 is 1. The van der Waals surface area contributed by atoms with Gasteiger partial charge in [0.05, 0.1) is 7.11 Å². The van der Waals surface area contributed by atoms with Crippen LogP contribution in [-0.2, 0) is 9.53 Å². The first-order valence-electron chi connectivity index (χ1n) is 1.67. The number of ether oxygens (including phenoxy) is 1. The molecule has 0 N–H and O–H groups in total. The van der Waals surface area contributed by atoms with E-state index in [1.165, 1.54) is 7.11 Å². The van der Waals surface area contributed by atoms with Crippen molar-refractivity contribution in [1.29, 1.82) is 0 Å². The van der Waals surface area contributed by atoms with E-state index in [0.717, 1.165) is 6.08 Å². The molecule has 0 aromatic heterocycles. The van der Waals surface area contributed by atoms with Crippen LogP contribution in [0.1, 0.15) is 0 Å². The number of carbonyl (C=O) groups excluding carboxylic acids is 1. The summed E-state index contributed by atoms with van der Waals surface area (Å²) >= 11 is 0. The van der Waals surface area contributed by atoms with Gasteiger partial charge < -0.3 is 9.84 Å². The number of esters is 1. The summed E-state index contributed by atoms with van der Waals surface area (Å²) in [5, 5.41) is 9.42. The van der Waals surface area contributed by atoms with E-state index in [2.05, 4.69) is 4.74 Å². The molecular formula is C4H5NaO3. The Morgan fingerprint density at radius 3 is 2.38 bits per heavy atom. The van der Waals surface area contributed by atoms with Gasteiger partial charge in [-0.2, -0.15) is 0 Å². The van der Waals surface area contributed by atoms with Crippen molar-refractivity contribution in [3.63, 3.8) is 0 Å². The van der Waals surface area contributed by atoms with Gasteiger partial charge in [-0.15, -0.1) is 6.26 Å². The molecule has 0 heterocycles. The molecule has 0 spiro atoms.